The van der Waals surface area contributed by atoms with Crippen molar-refractivity contribution in [3.63, 3.8) is 0 Å². The van der Waals surface area contributed by atoms with E-state index in [0.29, 0.717) is 45.8 Å². The largest absolute Gasteiger partial charge is 0.497 e. The summed E-state index contributed by atoms with van der Waals surface area (Å²) >= 11 is 0. The molecule has 166 valence electrons. The Bertz CT molecular complexity index is 646. The third-order valence-electron chi connectivity index (χ3n) is 5.11. The highest BCUT2D eigenvalue weighted by atomic mass is 16.5. The lowest BCUT2D eigenvalue weighted by Crippen LogP contribution is -2.39. The summed E-state index contributed by atoms with van der Waals surface area (Å²) in [6.45, 7) is 11.1. The Balaban J connectivity index is 1.81. The number of methoxy groups -OCH3 is 1. The molecule has 1 aromatic rings. The summed E-state index contributed by atoms with van der Waals surface area (Å²) in [6, 6.07) is 7.61. The summed E-state index contributed by atoms with van der Waals surface area (Å²) in [6.07, 6.45) is 6.42. The van der Waals surface area contributed by atoms with Crippen LogP contribution in [0.4, 0.5) is 0 Å². The van der Waals surface area contributed by atoms with Crippen molar-refractivity contribution in [1.82, 2.24) is 4.90 Å². The Labute approximate surface area is 180 Å². The van der Waals surface area contributed by atoms with E-state index in [-0.39, 0.29) is 18.1 Å². The van der Waals surface area contributed by atoms with Crippen LogP contribution in [0.3, 0.4) is 0 Å². The van der Waals surface area contributed by atoms with Crippen LogP contribution in [0.1, 0.15) is 31.2 Å². The molecule has 6 heteroatoms. The van der Waals surface area contributed by atoms with Gasteiger partial charge in [-0.2, -0.15) is 0 Å². The lowest BCUT2D eigenvalue weighted by molar-refractivity contribution is -0.156. The molecular weight excluding hydrogens is 382 g/mol. The number of ether oxygens (including phenoxy) is 4. The molecule has 1 aliphatic heterocycles. The predicted molar refractivity (Wildman–Crippen MR) is 118 cm³/mol. The molecule has 0 unspecified atom stereocenters. The van der Waals surface area contributed by atoms with E-state index in [1.54, 1.807) is 13.2 Å². The highest BCUT2D eigenvalue weighted by Crippen LogP contribution is 2.20. The number of hydrogen-bond acceptors (Lipinski definition) is 6. The summed E-state index contributed by atoms with van der Waals surface area (Å²) in [7, 11) is 1.65. The molecule has 0 aliphatic carbocycles. The zero-order valence-corrected chi connectivity index (χ0v) is 18.1. The van der Waals surface area contributed by atoms with Crippen molar-refractivity contribution in [2.45, 2.75) is 44.4 Å². The van der Waals surface area contributed by atoms with Crippen LogP contribution in [-0.4, -0.2) is 63.0 Å². The Morgan fingerprint density at radius 2 is 1.90 bits per heavy atom. The third-order valence-corrected chi connectivity index (χ3v) is 5.11. The van der Waals surface area contributed by atoms with Crippen molar-refractivity contribution in [2.75, 3.05) is 40.0 Å². The standard InChI is InChI=1S/C24H35NO5/c1-4-14-25-15-6-7-23(25)24(26)30-22(12-17-28-16-5-2)13-18-29-19-20-8-10-21(27-3)11-9-20/h4-5,8-11,22-23H,1-2,6-7,12-19H2,3H3/t22-,23+/m1/s1. The van der Waals surface area contributed by atoms with Gasteiger partial charge < -0.3 is 18.9 Å². The zero-order valence-electron chi connectivity index (χ0n) is 18.1. The van der Waals surface area contributed by atoms with Gasteiger partial charge in [0.05, 0.1) is 33.5 Å². The number of carbonyl (C=O) groups is 1. The van der Waals surface area contributed by atoms with Crippen LogP contribution in [0.5, 0.6) is 5.75 Å². The van der Waals surface area contributed by atoms with E-state index in [2.05, 4.69) is 18.1 Å². The van der Waals surface area contributed by atoms with Gasteiger partial charge in [-0.25, -0.2) is 0 Å². The second-order valence-corrected chi connectivity index (χ2v) is 7.34. The highest BCUT2D eigenvalue weighted by Gasteiger charge is 2.32. The molecule has 6 nitrogen and oxygen atoms in total. The van der Waals surface area contributed by atoms with E-state index in [1.807, 2.05) is 30.3 Å². The number of hydrogen-bond donors (Lipinski definition) is 0. The van der Waals surface area contributed by atoms with E-state index in [1.165, 1.54) is 0 Å². The summed E-state index contributed by atoms with van der Waals surface area (Å²) in [5, 5.41) is 0. The number of likely N-dealkylation sites (tertiary alicyclic amines) is 1. The zero-order chi connectivity index (χ0) is 21.6. The monoisotopic (exact) mass is 417 g/mol. The van der Waals surface area contributed by atoms with Crippen LogP contribution in [0.25, 0.3) is 0 Å². The average molecular weight is 418 g/mol. The molecule has 0 spiro atoms. The van der Waals surface area contributed by atoms with E-state index < -0.39 is 0 Å². The fourth-order valence-electron chi connectivity index (χ4n) is 3.49. The molecular formula is C24H35NO5. The molecule has 1 aliphatic rings. The highest BCUT2D eigenvalue weighted by molar-refractivity contribution is 5.76. The van der Waals surface area contributed by atoms with Gasteiger partial charge in [0.15, 0.2) is 0 Å². The number of rotatable bonds is 15. The topological polar surface area (TPSA) is 57.2 Å². The number of benzene rings is 1. The van der Waals surface area contributed by atoms with Gasteiger partial charge in [0.2, 0.25) is 0 Å². The van der Waals surface area contributed by atoms with Crippen molar-refractivity contribution in [2.24, 2.45) is 0 Å². The third kappa shape index (κ3) is 8.30. The average Bonchev–Trinajstić information content (AvgIpc) is 3.23. The minimum atomic E-state index is -0.232. The second kappa shape index (κ2) is 14.0. The SMILES string of the molecule is C=CCOCC[C@H](CCOCc1ccc(OC)cc1)OC(=O)[C@@H]1CCCN1CC=C. The van der Waals surface area contributed by atoms with Gasteiger partial charge >= 0.3 is 5.97 Å². The smallest absolute Gasteiger partial charge is 0.323 e. The van der Waals surface area contributed by atoms with Gasteiger partial charge in [0.1, 0.15) is 17.9 Å². The maximum atomic E-state index is 12.7. The molecule has 2 rings (SSSR count). The minimum absolute atomic E-state index is 0.154. The Hall–Kier alpha value is -2.15. The Morgan fingerprint density at radius 1 is 1.17 bits per heavy atom. The summed E-state index contributed by atoms with van der Waals surface area (Å²) in [5.74, 6) is 0.667. The second-order valence-electron chi connectivity index (χ2n) is 7.34. The van der Waals surface area contributed by atoms with Crippen LogP contribution in [-0.2, 0) is 25.6 Å². The summed E-state index contributed by atoms with van der Waals surface area (Å²) in [4.78, 5) is 14.9. The van der Waals surface area contributed by atoms with E-state index >= 15 is 0 Å². The molecule has 1 saturated heterocycles. The molecule has 30 heavy (non-hydrogen) atoms. The van der Waals surface area contributed by atoms with Gasteiger partial charge in [0.25, 0.3) is 0 Å². The van der Waals surface area contributed by atoms with Crippen LogP contribution in [0.2, 0.25) is 0 Å². The van der Waals surface area contributed by atoms with E-state index in [4.69, 9.17) is 18.9 Å². The first kappa shape index (κ1) is 24.1. The van der Waals surface area contributed by atoms with Gasteiger partial charge in [-0.05, 0) is 37.1 Å². The lowest BCUT2D eigenvalue weighted by Gasteiger charge is -2.25. The number of nitrogens with zero attached hydrogens (tertiary/aromatic N) is 1. The number of carbonyl (C=O) groups excluding carboxylic acids is 1. The molecule has 1 heterocycles. The van der Waals surface area contributed by atoms with Crippen molar-refractivity contribution in [1.29, 1.82) is 0 Å². The maximum Gasteiger partial charge on any atom is 0.323 e. The van der Waals surface area contributed by atoms with E-state index in [0.717, 1.165) is 30.7 Å². The summed E-state index contributed by atoms with van der Waals surface area (Å²) in [5.41, 5.74) is 1.07. The quantitative estimate of drug-likeness (QED) is 0.246. The van der Waals surface area contributed by atoms with Gasteiger partial charge in [-0.1, -0.05) is 24.3 Å². The van der Waals surface area contributed by atoms with Crippen LogP contribution in [0, 0.1) is 0 Å². The van der Waals surface area contributed by atoms with Crippen LogP contribution < -0.4 is 4.74 Å². The first-order valence-electron chi connectivity index (χ1n) is 10.6. The molecule has 0 N–H and O–H groups in total. The van der Waals surface area contributed by atoms with Gasteiger partial charge in [0, 0.05) is 19.4 Å². The predicted octanol–water partition coefficient (Wildman–Crippen LogP) is 3.76. The molecule has 0 saturated carbocycles. The fourth-order valence-corrected chi connectivity index (χ4v) is 3.49. The van der Waals surface area contributed by atoms with Crippen molar-refractivity contribution in [3.05, 3.63) is 55.1 Å². The van der Waals surface area contributed by atoms with E-state index in [9.17, 15) is 4.79 Å². The number of esters is 1. The maximum absolute atomic E-state index is 12.7. The van der Waals surface area contributed by atoms with Gasteiger partial charge in [-0.15, -0.1) is 13.2 Å². The molecule has 1 aromatic carbocycles. The molecule has 2 atom stereocenters. The summed E-state index contributed by atoms with van der Waals surface area (Å²) < 4.78 is 22.3. The minimum Gasteiger partial charge on any atom is -0.497 e. The van der Waals surface area contributed by atoms with Crippen molar-refractivity contribution >= 4 is 5.97 Å². The van der Waals surface area contributed by atoms with Crippen LogP contribution in [0.15, 0.2) is 49.6 Å². The van der Waals surface area contributed by atoms with Crippen molar-refractivity contribution < 1.29 is 23.7 Å². The molecule has 0 aromatic heterocycles. The van der Waals surface area contributed by atoms with Crippen LogP contribution >= 0.6 is 0 Å². The lowest BCUT2D eigenvalue weighted by atomic mass is 10.2. The first-order valence-corrected chi connectivity index (χ1v) is 10.6. The molecule has 0 radical (unpaired) electrons. The molecule has 0 amide bonds. The normalized spacial score (nSPS) is 17.4. The van der Waals surface area contributed by atoms with Gasteiger partial charge in [-0.3, -0.25) is 9.69 Å². The fraction of sp³-hybridized carbons (Fsp3) is 0.542. The first-order chi connectivity index (χ1) is 14.7. The van der Waals surface area contributed by atoms with Crippen molar-refractivity contribution in [3.8, 4) is 5.75 Å². The Morgan fingerprint density at radius 3 is 2.57 bits per heavy atom. The molecule has 1 fully saturated rings. The Kier molecular flexibility index (Phi) is 11.2. The molecule has 0 bridgehead atoms.